The van der Waals surface area contributed by atoms with E-state index >= 15 is 4.79 Å². The maximum Gasteiger partial charge on any atom is 0.305 e. The molecule has 0 bridgehead atoms. The van der Waals surface area contributed by atoms with Crippen LogP contribution in [0.5, 0.6) is 0 Å². The molecule has 0 aromatic heterocycles. The van der Waals surface area contributed by atoms with Gasteiger partial charge in [-0.3, -0.25) is 81.5 Å². The molecular weight excluding hydrogens is 1600 g/mol. The monoisotopic (exact) mass is 1700 g/mol. The summed E-state index contributed by atoms with van der Waals surface area (Å²) >= 11 is 13.4. The molecule has 0 radical (unpaired) electrons. The number of nitrogens with zero attached hydrogens (tertiary/aromatic N) is 3. The van der Waals surface area contributed by atoms with E-state index < -0.39 is 241 Å². The van der Waals surface area contributed by atoms with Crippen LogP contribution in [-0.2, 0) is 101 Å². The minimum absolute atomic E-state index is 0.0258. The van der Waals surface area contributed by atoms with E-state index in [1.165, 1.54) is 52.9 Å². The van der Waals surface area contributed by atoms with Crippen molar-refractivity contribution in [1.82, 2.24) is 73.2 Å². The molecule has 4 aromatic rings. The number of carboxylic acid groups (broad SMARTS) is 2. The van der Waals surface area contributed by atoms with E-state index in [2.05, 4.69) is 58.5 Å². The summed E-state index contributed by atoms with van der Waals surface area (Å²) in [6.07, 6.45) is -7.20. The molecule has 40 heteroatoms. The second kappa shape index (κ2) is 45.4. The van der Waals surface area contributed by atoms with Crippen LogP contribution in [0.15, 0.2) is 103 Å². The van der Waals surface area contributed by atoms with E-state index in [0.717, 1.165) is 58.5 Å². The van der Waals surface area contributed by atoms with Crippen LogP contribution in [0.2, 0.25) is 10.0 Å². The third-order valence-corrected chi connectivity index (χ3v) is 21.4. The van der Waals surface area contributed by atoms with Gasteiger partial charge < -0.3 is 104 Å². The largest absolute Gasteiger partial charge is 0.481 e. The van der Waals surface area contributed by atoms with E-state index in [-0.39, 0.29) is 48.7 Å². The lowest BCUT2D eigenvalue weighted by Gasteiger charge is -2.33. The van der Waals surface area contributed by atoms with Gasteiger partial charge in [0.1, 0.15) is 78.5 Å². The van der Waals surface area contributed by atoms with Gasteiger partial charge in [0.25, 0.3) is 0 Å². The van der Waals surface area contributed by atoms with E-state index in [1.807, 2.05) is 30.3 Å². The molecule has 118 heavy (non-hydrogen) atoms. The molecule has 0 spiro atoms. The van der Waals surface area contributed by atoms with Crippen LogP contribution in [0.25, 0.3) is 11.1 Å². The first kappa shape index (κ1) is 95.5. The average molecular weight is 1700 g/mol. The van der Waals surface area contributed by atoms with Gasteiger partial charge >= 0.3 is 11.9 Å². The summed E-state index contributed by atoms with van der Waals surface area (Å²) in [6, 6.07) is 5.75. The minimum Gasteiger partial charge on any atom is -0.481 e. The summed E-state index contributed by atoms with van der Waals surface area (Å²) < 4.78 is 0. The van der Waals surface area contributed by atoms with Crippen LogP contribution in [0.1, 0.15) is 90.3 Å². The highest BCUT2D eigenvalue weighted by Gasteiger charge is 2.43. The van der Waals surface area contributed by atoms with Crippen molar-refractivity contribution in [3.8, 4) is 11.1 Å². The molecule has 640 valence electrons. The first-order valence-corrected chi connectivity index (χ1v) is 39.6. The lowest BCUT2D eigenvalue weighted by molar-refractivity contribution is -0.145. The van der Waals surface area contributed by atoms with Crippen molar-refractivity contribution in [2.24, 2.45) is 11.7 Å². The van der Waals surface area contributed by atoms with E-state index in [4.69, 9.17) is 28.9 Å². The molecule has 2 aliphatic heterocycles. The van der Waals surface area contributed by atoms with Crippen molar-refractivity contribution >= 4 is 136 Å². The number of likely N-dealkylation sites (N-methyl/N-ethyl adjacent to an activating group) is 2. The Morgan fingerprint density at radius 3 is 1.53 bits per heavy atom. The number of hydrogen-bond donors (Lipinski definition) is 17. The number of aliphatic hydroxyl groups excluding tert-OH is 3. The minimum atomic E-state index is -2.11. The molecule has 2 fully saturated rings. The standard InChI is InChI=1S/C78H101Cl2N15O22S/c1-39(2)63-73(112)85-53(34-62(103)104)71(110)91-65(43(6)98)75(114)92-64(42(5)97)74(113)87-54(32-45-21-24-48(25-22-45)47-18-13-10-14-19-47)76(115)94(8)41(4)67(106)86-55(33-46-23-26-49(79)50(80)30-46)77(116)93(7)40(3)66(105)84-51(27-28-61(101)102)69(108)88-56(36-96)78(117)95-29-15-20-58(95)72(111)89-57(68(107)82-35-59(81)99)37-118-38-60(100)83-52(70(109)90-63)31-44-16-11-9-12-17-44/h9-14,16-19,21-26,30,39-43,51-58,63-65,96-98H,15,20,27-29,31-38H2,1-8H3,(H2,81,99)(H,82,107)(H,83,100)(H,84,105)(H,85,112)(H,86,106)(H,87,113)(H,88,108)(H,89,111)(H,90,109)(H,91,110)(H,92,114)(H,101,102)(H,103,104)/t40-,41-,42+,43+,51-,52-,53-,54-,55-,56-,57-,58-,63?,64-,65-/m0/s1. The number of aliphatic carboxylic acids is 2. The summed E-state index contributed by atoms with van der Waals surface area (Å²) in [4.78, 5) is 241. The van der Waals surface area contributed by atoms with Crippen molar-refractivity contribution in [2.75, 3.05) is 45.3 Å². The number of primary amides is 1. The third-order valence-electron chi connectivity index (χ3n) is 19.6. The van der Waals surface area contributed by atoms with E-state index in [9.17, 15) is 102 Å². The molecule has 15 atom stereocenters. The molecule has 4 aromatic carbocycles. The van der Waals surface area contributed by atoms with Gasteiger partial charge in [-0.2, -0.15) is 0 Å². The maximum absolute atomic E-state index is 15.1. The van der Waals surface area contributed by atoms with Gasteiger partial charge in [0, 0.05) is 52.1 Å². The summed E-state index contributed by atoms with van der Waals surface area (Å²) in [7, 11) is 2.33. The fraction of sp³-hybridized carbons (Fsp3) is 0.474. The molecule has 0 saturated carbocycles. The summed E-state index contributed by atoms with van der Waals surface area (Å²) in [5, 5.41) is 79.5. The highest BCUT2D eigenvalue weighted by atomic mass is 35.5. The number of thioether (sulfide) groups is 1. The molecule has 1 unspecified atom stereocenters. The molecule has 37 nitrogen and oxygen atoms in total. The van der Waals surface area contributed by atoms with Crippen molar-refractivity contribution in [2.45, 2.75) is 184 Å². The number of benzene rings is 4. The van der Waals surface area contributed by atoms with Gasteiger partial charge in [0.05, 0.1) is 47.6 Å². The number of carbonyl (C=O) groups is 17. The number of carboxylic acids is 2. The zero-order valence-electron chi connectivity index (χ0n) is 66.0. The Labute approximate surface area is 693 Å². The molecular formula is C78H101Cl2N15O22S. The number of aliphatic hydroxyl groups is 3. The zero-order valence-corrected chi connectivity index (χ0v) is 68.3. The van der Waals surface area contributed by atoms with Crippen LogP contribution in [0.3, 0.4) is 0 Å². The predicted octanol–water partition coefficient (Wildman–Crippen LogP) is -2.68. The molecule has 0 aliphatic carbocycles. The van der Waals surface area contributed by atoms with Crippen molar-refractivity contribution in [3.05, 3.63) is 130 Å². The van der Waals surface area contributed by atoms with Gasteiger partial charge in [-0.25, -0.2) is 0 Å². The summed E-state index contributed by atoms with van der Waals surface area (Å²) in [5.41, 5.74) is 8.08. The Bertz CT molecular complexity index is 4300. The number of rotatable bonds is 19. The molecule has 15 amide bonds. The lowest BCUT2D eigenvalue weighted by atomic mass is 9.99. The zero-order chi connectivity index (χ0) is 87.5. The number of amides is 15. The Kier molecular flexibility index (Phi) is 36.8. The Morgan fingerprint density at radius 2 is 0.983 bits per heavy atom. The number of nitrogens with one attached hydrogen (secondary N) is 11. The topological polar surface area (TPSA) is 559 Å². The van der Waals surface area contributed by atoms with E-state index in [1.54, 1.807) is 54.6 Å². The number of nitrogens with two attached hydrogens (primary N) is 1. The first-order chi connectivity index (χ1) is 55.7. The van der Waals surface area contributed by atoms with Crippen molar-refractivity contribution in [3.63, 3.8) is 0 Å². The van der Waals surface area contributed by atoms with Gasteiger partial charge in [-0.15, -0.1) is 11.8 Å². The normalized spacial score (nSPS) is 24.9. The summed E-state index contributed by atoms with van der Waals surface area (Å²) in [6.45, 7) is 5.48. The highest BCUT2D eigenvalue weighted by molar-refractivity contribution is 8.00. The average Bonchev–Trinajstić information content (AvgIpc) is 1.50. The fourth-order valence-electron chi connectivity index (χ4n) is 12.6. The highest BCUT2D eigenvalue weighted by Crippen LogP contribution is 2.26. The number of hydrogen-bond acceptors (Lipinski definition) is 21. The van der Waals surface area contributed by atoms with Crippen LogP contribution >= 0.6 is 35.0 Å². The smallest absolute Gasteiger partial charge is 0.305 e. The maximum atomic E-state index is 15.1. The molecule has 2 saturated heterocycles. The van der Waals surface area contributed by atoms with Crippen molar-refractivity contribution < 1.29 is 107 Å². The SMILES string of the molecule is CC(C)C1NC(=O)[C@H](Cc2ccccc2)NC(=O)CSC[C@@H](C(=O)NCC(N)=O)NC(=O)[C@@H]2CCCN2C(=O)[C@H](CO)NC(=O)[C@H](CCC(=O)O)NC(=O)[C@H](C)N(C)C(=O)[C@H](Cc2ccc(Cl)c(Cl)c2)NC(=O)[C@H](C)N(C)C(=O)[C@H](Cc2ccc(-c3ccccc3)cc2)NC(=O)[C@H]([C@@H](C)O)NC(=O)[C@H]([C@@H](C)O)NC(=O)[C@H](CC(=O)O)NC1=O. The first-order valence-electron chi connectivity index (χ1n) is 37.7. The Hall–Kier alpha value is -11.3. The van der Waals surface area contributed by atoms with Crippen LogP contribution in [0, 0.1) is 5.92 Å². The van der Waals surface area contributed by atoms with Gasteiger partial charge in [0.15, 0.2) is 0 Å². The van der Waals surface area contributed by atoms with Crippen LogP contribution < -0.4 is 64.2 Å². The van der Waals surface area contributed by atoms with Crippen LogP contribution in [0.4, 0.5) is 0 Å². The molecule has 18 N–H and O–H groups in total. The lowest BCUT2D eigenvalue weighted by Crippen LogP contribution is -2.64. The quantitative estimate of drug-likeness (QED) is 0.0455. The Balaban J connectivity index is 1.41. The third kappa shape index (κ3) is 28.2. The summed E-state index contributed by atoms with van der Waals surface area (Å²) in [5.74, 6) is -21.3. The van der Waals surface area contributed by atoms with Gasteiger partial charge in [-0.1, -0.05) is 128 Å². The number of halogens is 2. The molecule has 6 rings (SSSR count). The molecule has 2 heterocycles. The second-order valence-corrected chi connectivity index (χ2v) is 30.8. The van der Waals surface area contributed by atoms with Gasteiger partial charge in [-0.05, 0) is 92.8 Å². The number of fused-ring (bicyclic) bond motifs is 1. The Morgan fingerprint density at radius 1 is 0.517 bits per heavy atom. The predicted molar refractivity (Wildman–Crippen MR) is 428 cm³/mol. The van der Waals surface area contributed by atoms with E-state index in [0.29, 0.717) is 16.7 Å². The van der Waals surface area contributed by atoms with Crippen molar-refractivity contribution in [1.29, 1.82) is 0 Å². The fourth-order valence-corrected chi connectivity index (χ4v) is 13.8. The number of carbonyl (C=O) groups excluding carboxylic acids is 15. The molecule has 2 aliphatic rings. The van der Waals surface area contributed by atoms with Crippen LogP contribution in [-0.4, -0.2) is 277 Å². The second-order valence-electron chi connectivity index (χ2n) is 28.9. The van der Waals surface area contributed by atoms with Gasteiger partial charge in [0.2, 0.25) is 88.6 Å².